The van der Waals surface area contributed by atoms with Gasteiger partial charge in [0.15, 0.2) is 5.58 Å². The molecule has 4 nitrogen and oxygen atoms in total. The molecule has 30 heavy (non-hydrogen) atoms. The van der Waals surface area contributed by atoms with E-state index in [4.69, 9.17) is 14.3 Å². The molecule has 0 spiro atoms. The first-order valence-electron chi connectivity index (χ1n) is 9.72. The molecule has 0 saturated heterocycles. The highest BCUT2D eigenvalue weighted by molar-refractivity contribution is 5.76. The molecule has 0 amide bonds. The number of aromatic nitrogens is 1. The fraction of sp³-hybridized carbons (Fsp3) is 0.0385. The third-order valence-corrected chi connectivity index (χ3v) is 4.96. The van der Waals surface area contributed by atoms with Gasteiger partial charge in [-0.2, -0.15) is 0 Å². The summed E-state index contributed by atoms with van der Waals surface area (Å²) >= 11 is 0. The van der Waals surface area contributed by atoms with Gasteiger partial charge in [-0.1, -0.05) is 48.5 Å². The Morgan fingerprint density at radius 2 is 1.23 bits per heavy atom. The molecule has 5 aromatic rings. The second-order valence-corrected chi connectivity index (χ2v) is 6.99. The number of hydrogen-bond acceptors (Lipinski definition) is 4. The van der Waals surface area contributed by atoms with Gasteiger partial charge in [0.2, 0.25) is 5.89 Å². The highest BCUT2D eigenvalue weighted by Gasteiger charge is 2.08. The van der Waals surface area contributed by atoms with Crippen LogP contribution in [0.15, 0.2) is 101 Å². The van der Waals surface area contributed by atoms with Crippen LogP contribution in [0.4, 0.5) is 0 Å². The number of ether oxygens (including phenoxy) is 1. The number of benzene rings is 4. The first-order chi connectivity index (χ1) is 14.8. The lowest BCUT2D eigenvalue weighted by Crippen LogP contribution is -1.86. The van der Waals surface area contributed by atoms with Crippen LogP contribution in [-0.4, -0.2) is 10.1 Å². The van der Waals surface area contributed by atoms with Crippen LogP contribution < -0.4 is 4.74 Å². The minimum atomic E-state index is 0.0279. The summed E-state index contributed by atoms with van der Waals surface area (Å²) in [6.07, 6.45) is 0. The Balaban J connectivity index is 1.32. The van der Waals surface area contributed by atoms with Crippen LogP contribution in [-0.2, 0) is 6.61 Å². The van der Waals surface area contributed by atoms with Crippen molar-refractivity contribution in [2.24, 2.45) is 0 Å². The van der Waals surface area contributed by atoms with Crippen molar-refractivity contribution < 1.29 is 14.3 Å². The van der Waals surface area contributed by atoms with E-state index in [2.05, 4.69) is 17.1 Å². The molecule has 1 N–H and O–H groups in total. The molecular formula is C26H19NO3. The van der Waals surface area contributed by atoms with Gasteiger partial charge < -0.3 is 14.3 Å². The quantitative estimate of drug-likeness (QED) is 0.373. The number of fused-ring (bicyclic) bond motifs is 1. The summed E-state index contributed by atoms with van der Waals surface area (Å²) in [7, 11) is 0. The zero-order chi connectivity index (χ0) is 20.3. The molecule has 0 radical (unpaired) electrons. The van der Waals surface area contributed by atoms with Gasteiger partial charge in [0.1, 0.15) is 17.0 Å². The van der Waals surface area contributed by atoms with Crippen LogP contribution in [0.5, 0.6) is 11.5 Å². The van der Waals surface area contributed by atoms with Gasteiger partial charge in [-0.3, -0.25) is 0 Å². The number of para-hydroxylation sites is 2. The van der Waals surface area contributed by atoms with E-state index < -0.39 is 0 Å². The predicted molar refractivity (Wildman–Crippen MR) is 117 cm³/mol. The highest BCUT2D eigenvalue weighted by atomic mass is 16.5. The average Bonchev–Trinajstić information content (AvgIpc) is 3.25. The minimum Gasteiger partial charge on any atom is -0.457 e. The van der Waals surface area contributed by atoms with E-state index in [1.165, 1.54) is 0 Å². The Labute approximate surface area is 174 Å². The molecule has 4 heteroatoms. The zero-order valence-electron chi connectivity index (χ0n) is 16.2. The van der Waals surface area contributed by atoms with Crippen molar-refractivity contribution in [1.82, 2.24) is 4.98 Å². The summed E-state index contributed by atoms with van der Waals surface area (Å²) in [6, 6.07) is 31.3. The summed E-state index contributed by atoms with van der Waals surface area (Å²) in [4.78, 5) is 4.55. The Morgan fingerprint density at radius 3 is 1.87 bits per heavy atom. The Hall–Kier alpha value is -3.89. The summed E-state index contributed by atoms with van der Waals surface area (Å²) in [5.74, 6) is 2.12. The van der Waals surface area contributed by atoms with Crippen LogP contribution >= 0.6 is 0 Å². The molecule has 0 atom stereocenters. The van der Waals surface area contributed by atoms with Crippen molar-refractivity contribution >= 4 is 11.1 Å². The van der Waals surface area contributed by atoms with Crippen LogP contribution in [0.25, 0.3) is 33.7 Å². The Morgan fingerprint density at radius 1 is 0.667 bits per heavy atom. The maximum Gasteiger partial charge on any atom is 0.227 e. The van der Waals surface area contributed by atoms with Gasteiger partial charge in [0.05, 0.1) is 6.61 Å². The average molecular weight is 393 g/mol. The third kappa shape index (κ3) is 3.69. The van der Waals surface area contributed by atoms with Gasteiger partial charge in [-0.15, -0.1) is 0 Å². The molecule has 0 aliphatic rings. The summed E-state index contributed by atoms with van der Waals surface area (Å²) < 4.78 is 11.7. The van der Waals surface area contributed by atoms with Gasteiger partial charge >= 0.3 is 0 Å². The molecule has 0 saturated carbocycles. The first kappa shape index (κ1) is 18.2. The van der Waals surface area contributed by atoms with E-state index in [1.807, 2.05) is 84.9 Å². The number of hydrogen-bond donors (Lipinski definition) is 1. The van der Waals surface area contributed by atoms with Crippen LogP contribution in [0, 0.1) is 0 Å². The zero-order valence-corrected chi connectivity index (χ0v) is 16.2. The van der Waals surface area contributed by atoms with Gasteiger partial charge in [-0.05, 0) is 65.2 Å². The van der Waals surface area contributed by atoms with Crippen molar-refractivity contribution in [2.45, 2.75) is 6.61 Å². The Bertz CT molecular complexity index is 1240. The number of aliphatic hydroxyl groups excluding tert-OH is 1. The molecule has 146 valence electrons. The van der Waals surface area contributed by atoms with E-state index >= 15 is 0 Å². The van der Waals surface area contributed by atoms with Gasteiger partial charge in [0, 0.05) is 5.56 Å². The molecule has 0 aliphatic heterocycles. The summed E-state index contributed by atoms with van der Waals surface area (Å²) in [5.41, 5.74) is 5.66. The van der Waals surface area contributed by atoms with Crippen molar-refractivity contribution in [3.8, 4) is 34.1 Å². The Kier molecular flexibility index (Phi) is 4.75. The summed E-state index contributed by atoms with van der Waals surface area (Å²) in [6.45, 7) is 0.0279. The second kappa shape index (κ2) is 7.85. The lowest BCUT2D eigenvalue weighted by atomic mass is 10.0. The highest BCUT2D eigenvalue weighted by Crippen LogP contribution is 2.29. The fourth-order valence-corrected chi connectivity index (χ4v) is 3.32. The number of rotatable bonds is 5. The molecule has 5 rings (SSSR count). The molecule has 1 aromatic heterocycles. The number of nitrogens with zero attached hydrogens (tertiary/aromatic N) is 1. The maximum atomic E-state index is 9.12. The standard InChI is InChI=1S/C26H19NO3/c28-17-18-5-13-22(14-6-18)29-23-15-11-20(12-16-23)19-7-9-21(10-8-19)26-27-24-3-1-2-4-25(24)30-26/h1-16,28H,17H2. The normalized spacial score (nSPS) is 11.0. The molecular weight excluding hydrogens is 374 g/mol. The van der Waals surface area contributed by atoms with E-state index in [0.717, 1.165) is 44.9 Å². The SMILES string of the molecule is OCc1ccc(Oc2ccc(-c3ccc(-c4nc5ccccc5o4)cc3)cc2)cc1. The second-order valence-electron chi connectivity index (χ2n) is 6.99. The van der Waals surface area contributed by atoms with Crippen molar-refractivity contribution in [2.75, 3.05) is 0 Å². The molecule has 4 aromatic carbocycles. The smallest absolute Gasteiger partial charge is 0.227 e. The van der Waals surface area contributed by atoms with Crippen molar-refractivity contribution in [3.63, 3.8) is 0 Å². The number of oxazole rings is 1. The minimum absolute atomic E-state index is 0.0279. The molecule has 0 unspecified atom stereocenters. The van der Waals surface area contributed by atoms with E-state index in [-0.39, 0.29) is 6.61 Å². The lowest BCUT2D eigenvalue weighted by molar-refractivity contribution is 0.281. The molecule has 0 aliphatic carbocycles. The third-order valence-electron chi connectivity index (χ3n) is 4.96. The van der Waals surface area contributed by atoms with Crippen LogP contribution in [0.2, 0.25) is 0 Å². The molecule has 0 bridgehead atoms. The topological polar surface area (TPSA) is 55.5 Å². The van der Waals surface area contributed by atoms with Crippen LogP contribution in [0.1, 0.15) is 5.56 Å². The first-order valence-corrected chi connectivity index (χ1v) is 9.72. The maximum absolute atomic E-state index is 9.12. The van der Waals surface area contributed by atoms with E-state index in [1.54, 1.807) is 0 Å². The number of aliphatic hydroxyl groups is 1. The van der Waals surface area contributed by atoms with E-state index in [0.29, 0.717) is 5.89 Å². The van der Waals surface area contributed by atoms with E-state index in [9.17, 15) is 0 Å². The molecule has 0 fully saturated rings. The van der Waals surface area contributed by atoms with Gasteiger partial charge in [0.25, 0.3) is 0 Å². The fourth-order valence-electron chi connectivity index (χ4n) is 3.32. The lowest BCUT2D eigenvalue weighted by Gasteiger charge is -2.08. The summed E-state index contributed by atoms with van der Waals surface area (Å²) in [5, 5.41) is 9.12. The van der Waals surface area contributed by atoms with Crippen molar-refractivity contribution in [1.29, 1.82) is 0 Å². The van der Waals surface area contributed by atoms with Crippen molar-refractivity contribution in [3.05, 3.63) is 103 Å². The van der Waals surface area contributed by atoms with Crippen LogP contribution in [0.3, 0.4) is 0 Å². The molecule has 1 heterocycles. The largest absolute Gasteiger partial charge is 0.457 e. The monoisotopic (exact) mass is 393 g/mol. The van der Waals surface area contributed by atoms with Gasteiger partial charge in [-0.25, -0.2) is 4.98 Å². The predicted octanol–water partition coefficient (Wildman–Crippen LogP) is 6.45.